The van der Waals surface area contributed by atoms with Crippen molar-refractivity contribution >= 4 is 29.8 Å². The van der Waals surface area contributed by atoms with Crippen LogP contribution in [0.2, 0.25) is 0 Å². The molecular formula is C22H28N8O8. The predicted octanol–water partition coefficient (Wildman–Crippen LogP) is -2.11. The molecule has 0 saturated heterocycles. The highest BCUT2D eigenvalue weighted by molar-refractivity contribution is 5.85. The number of carbonyl (C=O) groups is 4. The minimum atomic E-state index is -1.52. The number of nitrogens with one attached hydrogen (secondary N) is 6. The van der Waals surface area contributed by atoms with Crippen LogP contribution in [-0.2, 0) is 38.7 Å². The number of aliphatic carboxylic acids is 1. The van der Waals surface area contributed by atoms with Crippen molar-refractivity contribution in [3.8, 4) is 5.88 Å². The Hall–Kier alpha value is -5.02. The number of aromatic hydroxyl groups is 1. The average Bonchev–Trinajstić information content (AvgIpc) is 3.16. The van der Waals surface area contributed by atoms with Gasteiger partial charge >= 0.3 is 17.8 Å². The van der Waals surface area contributed by atoms with Gasteiger partial charge in [0.15, 0.2) is 0 Å². The monoisotopic (exact) mass is 532 g/mol. The third-order valence-electron chi connectivity index (χ3n) is 5.19. The minimum absolute atomic E-state index is 0.0802. The van der Waals surface area contributed by atoms with Crippen molar-refractivity contribution in [2.24, 2.45) is 4.99 Å². The van der Waals surface area contributed by atoms with E-state index in [2.05, 4.69) is 36.8 Å². The molecule has 1 atom stereocenters. The smallest absolute Gasteiger partial charge is 0.408 e. The van der Waals surface area contributed by atoms with E-state index in [-0.39, 0.29) is 12.3 Å². The van der Waals surface area contributed by atoms with Gasteiger partial charge < -0.3 is 35.9 Å². The van der Waals surface area contributed by atoms with Crippen LogP contribution >= 0.6 is 0 Å². The van der Waals surface area contributed by atoms with Crippen LogP contribution in [0.1, 0.15) is 17.7 Å². The molecule has 8 N–H and O–H groups in total. The highest BCUT2D eigenvalue weighted by atomic mass is 16.5. The maximum absolute atomic E-state index is 12.3. The number of guanidine groups is 1. The molecule has 0 aliphatic carbocycles. The number of nitrogens with zero attached hydrogens (tertiary/aromatic N) is 2. The van der Waals surface area contributed by atoms with Crippen LogP contribution in [0.25, 0.3) is 0 Å². The van der Waals surface area contributed by atoms with Gasteiger partial charge in [0.2, 0.25) is 23.7 Å². The number of aliphatic imine (C=N–C) groups is 1. The molecule has 0 fully saturated rings. The fourth-order valence-electron chi connectivity index (χ4n) is 3.25. The third-order valence-corrected chi connectivity index (χ3v) is 5.19. The summed E-state index contributed by atoms with van der Waals surface area (Å²) in [5, 5.41) is 27.0. The number of hydrazine groups is 1. The van der Waals surface area contributed by atoms with Gasteiger partial charge in [0.05, 0.1) is 12.1 Å². The first-order valence-corrected chi connectivity index (χ1v) is 11.5. The highest BCUT2D eigenvalue weighted by Crippen LogP contribution is 2.12. The summed E-state index contributed by atoms with van der Waals surface area (Å²) in [6.45, 7) is 0.0251. The van der Waals surface area contributed by atoms with E-state index in [0.29, 0.717) is 29.2 Å². The molecule has 16 nitrogen and oxygen atoms in total. The number of aromatic nitrogens is 2. The van der Waals surface area contributed by atoms with Gasteiger partial charge in [0.25, 0.3) is 0 Å². The van der Waals surface area contributed by atoms with E-state index in [0.717, 1.165) is 6.42 Å². The quantitative estimate of drug-likeness (QED) is 0.155. The van der Waals surface area contributed by atoms with Crippen molar-refractivity contribution in [3.63, 3.8) is 0 Å². The second-order valence-corrected chi connectivity index (χ2v) is 8.08. The van der Waals surface area contributed by atoms with E-state index in [4.69, 9.17) is 4.74 Å². The standard InChI is InChI=1S/C22H28N8O8/c31-16(28-29-20-23-7-4-8-24-20)9-14-18(33)30(21(36)26-14)11-17(32)25-10-15(19(34)35)27-22(37)38-12-13-5-2-1-3-6-13/h1-3,5-6,15,33H,4,7-12H2,(H,25,32)(H,26,36)(H,27,37)(H,28,31)(H,34,35)(H2,23,24,29)/t15-/m0/s1. The SMILES string of the molecule is O=C(Cn1c(O)c(CC(=O)NNC2=NCCCN2)[nH]c1=O)NC[C@H](NC(=O)OCc1ccccc1)C(=O)O. The van der Waals surface area contributed by atoms with Gasteiger partial charge in [0.1, 0.15) is 19.2 Å². The summed E-state index contributed by atoms with van der Waals surface area (Å²) in [4.78, 5) is 66.5. The Morgan fingerprint density at radius 3 is 2.61 bits per heavy atom. The van der Waals surface area contributed by atoms with Gasteiger partial charge in [-0.05, 0) is 12.0 Å². The average molecular weight is 533 g/mol. The number of hydrogen-bond donors (Lipinski definition) is 8. The normalized spacial score (nSPS) is 13.3. The summed E-state index contributed by atoms with van der Waals surface area (Å²) < 4.78 is 5.65. The molecule has 0 radical (unpaired) electrons. The number of carbonyl (C=O) groups excluding carboxylic acids is 3. The molecule has 1 aromatic heterocycles. The molecule has 0 unspecified atom stereocenters. The van der Waals surface area contributed by atoms with E-state index >= 15 is 0 Å². The van der Waals surface area contributed by atoms with Crippen LogP contribution in [-0.4, -0.2) is 75.3 Å². The summed E-state index contributed by atoms with van der Waals surface area (Å²) in [5.41, 5.74) is 4.67. The fraction of sp³-hybridized carbons (Fsp3) is 0.364. The molecule has 3 amide bonds. The van der Waals surface area contributed by atoms with E-state index < -0.39 is 61.0 Å². The largest absolute Gasteiger partial charge is 0.493 e. The summed E-state index contributed by atoms with van der Waals surface area (Å²) in [7, 11) is 0. The number of carboxylic acids is 1. The molecule has 3 rings (SSSR count). The first-order valence-electron chi connectivity index (χ1n) is 11.5. The van der Waals surface area contributed by atoms with Crippen LogP contribution in [0.15, 0.2) is 40.1 Å². The van der Waals surface area contributed by atoms with Crippen LogP contribution < -0.4 is 32.5 Å². The molecule has 0 saturated carbocycles. The molecule has 204 valence electrons. The number of benzene rings is 1. The number of carboxylic acid groups (broad SMARTS) is 1. The van der Waals surface area contributed by atoms with Crippen molar-refractivity contribution in [3.05, 3.63) is 52.1 Å². The lowest BCUT2D eigenvalue weighted by molar-refractivity contribution is -0.139. The lowest BCUT2D eigenvalue weighted by Gasteiger charge is -2.16. The number of alkyl carbamates (subject to hydrolysis) is 1. The van der Waals surface area contributed by atoms with Crippen molar-refractivity contribution in [2.75, 3.05) is 19.6 Å². The second kappa shape index (κ2) is 13.3. The van der Waals surface area contributed by atoms with E-state index in [1.165, 1.54) is 0 Å². The number of ether oxygens (including phenoxy) is 1. The second-order valence-electron chi connectivity index (χ2n) is 8.08. The Morgan fingerprint density at radius 2 is 1.92 bits per heavy atom. The molecule has 1 aliphatic rings. The molecule has 2 heterocycles. The van der Waals surface area contributed by atoms with Gasteiger partial charge in [-0.2, -0.15) is 0 Å². The zero-order valence-corrected chi connectivity index (χ0v) is 20.2. The van der Waals surface area contributed by atoms with Crippen LogP contribution in [0.3, 0.4) is 0 Å². The summed E-state index contributed by atoms with van der Waals surface area (Å²) in [6, 6.07) is 7.21. The van der Waals surface area contributed by atoms with Gasteiger partial charge in [-0.1, -0.05) is 30.3 Å². The third kappa shape index (κ3) is 8.28. The van der Waals surface area contributed by atoms with Crippen molar-refractivity contribution in [2.45, 2.75) is 32.0 Å². The van der Waals surface area contributed by atoms with Gasteiger partial charge in [0, 0.05) is 19.6 Å². The maximum Gasteiger partial charge on any atom is 0.408 e. The number of hydrogen-bond acceptors (Lipinski definition) is 10. The Kier molecular flexibility index (Phi) is 9.67. The molecule has 1 aliphatic heterocycles. The van der Waals surface area contributed by atoms with Gasteiger partial charge in [-0.25, -0.2) is 14.4 Å². The zero-order valence-electron chi connectivity index (χ0n) is 20.2. The number of rotatable bonds is 10. The number of imidazole rings is 1. The lowest BCUT2D eigenvalue weighted by Crippen LogP contribution is -2.50. The van der Waals surface area contributed by atoms with Crippen LogP contribution in [0.5, 0.6) is 5.88 Å². The van der Waals surface area contributed by atoms with Crippen molar-refractivity contribution in [1.82, 2.24) is 36.4 Å². The Morgan fingerprint density at radius 1 is 1.16 bits per heavy atom. The molecule has 16 heteroatoms. The first-order chi connectivity index (χ1) is 18.2. The number of H-pyrrole nitrogens is 1. The predicted molar refractivity (Wildman–Crippen MR) is 131 cm³/mol. The Labute approximate surface area is 215 Å². The molecule has 0 bridgehead atoms. The maximum atomic E-state index is 12.3. The summed E-state index contributed by atoms with van der Waals surface area (Å²) in [6.07, 6.45) is -0.547. The van der Waals surface area contributed by atoms with E-state index in [1.807, 2.05) is 0 Å². The van der Waals surface area contributed by atoms with E-state index in [9.17, 15) is 34.2 Å². The summed E-state index contributed by atoms with van der Waals surface area (Å²) >= 11 is 0. The molecule has 1 aromatic carbocycles. The van der Waals surface area contributed by atoms with Crippen molar-refractivity contribution < 1.29 is 34.1 Å². The van der Waals surface area contributed by atoms with Crippen LogP contribution in [0.4, 0.5) is 4.79 Å². The van der Waals surface area contributed by atoms with Crippen molar-refractivity contribution in [1.29, 1.82) is 0 Å². The minimum Gasteiger partial charge on any atom is -0.493 e. The van der Waals surface area contributed by atoms with E-state index in [1.54, 1.807) is 30.3 Å². The highest BCUT2D eigenvalue weighted by Gasteiger charge is 2.23. The Balaban J connectivity index is 1.47. The lowest BCUT2D eigenvalue weighted by atomic mass is 10.2. The first kappa shape index (κ1) is 27.6. The molecule has 2 aromatic rings. The fourth-order valence-corrected chi connectivity index (χ4v) is 3.25. The van der Waals surface area contributed by atoms with Gasteiger partial charge in [-0.15, -0.1) is 0 Å². The molecule has 38 heavy (non-hydrogen) atoms. The Bertz CT molecular complexity index is 1240. The van der Waals surface area contributed by atoms with Crippen LogP contribution in [0, 0.1) is 0 Å². The summed E-state index contributed by atoms with van der Waals surface area (Å²) in [5.74, 6) is -3.10. The number of amides is 3. The number of aromatic amines is 1. The molecular weight excluding hydrogens is 504 g/mol. The molecule has 0 spiro atoms. The van der Waals surface area contributed by atoms with Gasteiger partial charge in [-0.3, -0.25) is 30.0 Å². The zero-order chi connectivity index (χ0) is 27.5. The topological polar surface area (TPSA) is 228 Å².